The molecular formula is C15H23NO2. The molecule has 1 aliphatic rings. The van der Waals surface area contributed by atoms with Crippen LogP contribution in [0, 0.1) is 6.92 Å². The van der Waals surface area contributed by atoms with E-state index in [2.05, 4.69) is 36.5 Å². The molecule has 0 heterocycles. The van der Waals surface area contributed by atoms with Crippen LogP contribution in [0.2, 0.25) is 0 Å². The summed E-state index contributed by atoms with van der Waals surface area (Å²) in [6, 6.07) is 9.37. The molecular weight excluding hydrogens is 226 g/mol. The monoisotopic (exact) mass is 249 g/mol. The van der Waals surface area contributed by atoms with Gasteiger partial charge in [-0.1, -0.05) is 29.8 Å². The minimum absolute atomic E-state index is 0.395. The fourth-order valence-corrected chi connectivity index (χ4v) is 2.45. The summed E-state index contributed by atoms with van der Waals surface area (Å²) in [5, 5.41) is 12.9. The average molecular weight is 249 g/mol. The molecule has 2 N–H and O–H groups in total. The van der Waals surface area contributed by atoms with Crippen molar-refractivity contribution in [2.24, 2.45) is 0 Å². The quantitative estimate of drug-likeness (QED) is 0.808. The van der Waals surface area contributed by atoms with E-state index in [1.54, 1.807) is 7.11 Å². The molecule has 0 bridgehead atoms. The highest BCUT2D eigenvalue weighted by molar-refractivity contribution is 5.26. The first-order valence-electron chi connectivity index (χ1n) is 6.66. The standard InChI is InChI=1S/C15H23NO2/c1-11-3-5-12(6-4-11)13-7-14(8-13)16-9-15(17)10-18-2/h3-6,13-17H,7-10H2,1-2H3. The predicted octanol–water partition coefficient (Wildman–Crippen LogP) is 1.84. The zero-order chi connectivity index (χ0) is 13.0. The summed E-state index contributed by atoms with van der Waals surface area (Å²) in [7, 11) is 1.61. The molecule has 2 rings (SSSR count). The first-order valence-corrected chi connectivity index (χ1v) is 6.66. The third-order valence-corrected chi connectivity index (χ3v) is 3.69. The van der Waals surface area contributed by atoms with Gasteiger partial charge in [-0.25, -0.2) is 0 Å². The van der Waals surface area contributed by atoms with Crippen molar-refractivity contribution in [3.05, 3.63) is 35.4 Å². The van der Waals surface area contributed by atoms with Crippen molar-refractivity contribution in [2.75, 3.05) is 20.3 Å². The number of aliphatic hydroxyl groups is 1. The van der Waals surface area contributed by atoms with Crippen LogP contribution in [0.1, 0.15) is 29.9 Å². The summed E-state index contributed by atoms with van der Waals surface area (Å²) in [6.45, 7) is 3.15. The Morgan fingerprint density at radius 2 is 2.00 bits per heavy atom. The Hall–Kier alpha value is -0.900. The highest BCUT2D eigenvalue weighted by Gasteiger charge is 2.29. The Kier molecular flexibility index (Phi) is 4.75. The molecule has 1 fully saturated rings. The zero-order valence-corrected chi connectivity index (χ0v) is 11.2. The molecule has 1 aliphatic carbocycles. The van der Waals surface area contributed by atoms with Crippen molar-refractivity contribution in [3.63, 3.8) is 0 Å². The number of nitrogens with one attached hydrogen (secondary N) is 1. The van der Waals surface area contributed by atoms with Crippen molar-refractivity contribution < 1.29 is 9.84 Å². The number of aliphatic hydroxyl groups excluding tert-OH is 1. The third-order valence-electron chi connectivity index (χ3n) is 3.69. The number of rotatable bonds is 6. The Morgan fingerprint density at radius 1 is 1.33 bits per heavy atom. The minimum Gasteiger partial charge on any atom is -0.389 e. The Morgan fingerprint density at radius 3 is 2.61 bits per heavy atom. The van der Waals surface area contributed by atoms with Crippen LogP contribution >= 0.6 is 0 Å². The van der Waals surface area contributed by atoms with E-state index in [4.69, 9.17) is 4.74 Å². The molecule has 0 aromatic heterocycles. The molecule has 0 amide bonds. The van der Waals surface area contributed by atoms with E-state index in [-0.39, 0.29) is 0 Å². The summed E-state index contributed by atoms with van der Waals surface area (Å²) in [6.07, 6.45) is 1.94. The van der Waals surface area contributed by atoms with Crippen molar-refractivity contribution >= 4 is 0 Å². The van der Waals surface area contributed by atoms with Crippen molar-refractivity contribution in [1.82, 2.24) is 5.32 Å². The third kappa shape index (κ3) is 3.55. The number of methoxy groups -OCH3 is 1. The first-order chi connectivity index (χ1) is 8.69. The lowest BCUT2D eigenvalue weighted by Crippen LogP contribution is -2.44. The molecule has 0 aliphatic heterocycles. The van der Waals surface area contributed by atoms with Gasteiger partial charge < -0.3 is 15.2 Å². The number of ether oxygens (including phenoxy) is 1. The molecule has 3 heteroatoms. The van der Waals surface area contributed by atoms with E-state index in [9.17, 15) is 5.11 Å². The van der Waals surface area contributed by atoms with Gasteiger partial charge >= 0.3 is 0 Å². The minimum atomic E-state index is -0.395. The Bertz CT molecular complexity index is 357. The summed E-state index contributed by atoms with van der Waals surface area (Å²) in [5.41, 5.74) is 2.76. The second-order valence-electron chi connectivity index (χ2n) is 5.29. The molecule has 100 valence electrons. The fraction of sp³-hybridized carbons (Fsp3) is 0.600. The number of benzene rings is 1. The van der Waals surface area contributed by atoms with Gasteiger partial charge in [-0.2, -0.15) is 0 Å². The molecule has 0 radical (unpaired) electrons. The molecule has 18 heavy (non-hydrogen) atoms. The van der Waals surface area contributed by atoms with Crippen LogP contribution in [-0.2, 0) is 4.74 Å². The topological polar surface area (TPSA) is 41.5 Å². The maximum atomic E-state index is 9.54. The van der Waals surface area contributed by atoms with Crippen LogP contribution in [-0.4, -0.2) is 37.5 Å². The Balaban J connectivity index is 1.69. The van der Waals surface area contributed by atoms with E-state index in [0.29, 0.717) is 25.1 Å². The van der Waals surface area contributed by atoms with Gasteiger partial charge in [0.2, 0.25) is 0 Å². The van der Waals surface area contributed by atoms with Gasteiger partial charge in [-0.05, 0) is 31.2 Å². The molecule has 1 unspecified atom stereocenters. The number of aryl methyl sites for hydroxylation is 1. The van der Waals surface area contributed by atoms with Crippen LogP contribution in [0.15, 0.2) is 24.3 Å². The maximum absolute atomic E-state index is 9.54. The van der Waals surface area contributed by atoms with Crippen LogP contribution in [0.25, 0.3) is 0 Å². The lowest BCUT2D eigenvalue weighted by molar-refractivity contribution is 0.0597. The largest absolute Gasteiger partial charge is 0.389 e. The summed E-state index contributed by atoms with van der Waals surface area (Å²) in [5.74, 6) is 0.683. The van der Waals surface area contributed by atoms with Gasteiger partial charge in [-0.15, -0.1) is 0 Å². The summed E-state index contributed by atoms with van der Waals surface area (Å²) < 4.78 is 4.90. The second kappa shape index (κ2) is 6.32. The average Bonchev–Trinajstić information content (AvgIpc) is 2.29. The Labute approximate surface area is 109 Å². The highest BCUT2D eigenvalue weighted by Crippen LogP contribution is 2.36. The SMILES string of the molecule is COCC(O)CNC1CC(c2ccc(C)cc2)C1. The van der Waals surface area contributed by atoms with Gasteiger partial charge in [0.25, 0.3) is 0 Å². The van der Waals surface area contributed by atoms with Crippen molar-refractivity contribution in [2.45, 2.75) is 37.8 Å². The molecule has 0 spiro atoms. The first kappa shape index (κ1) is 13.5. The lowest BCUT2D eigenvalue weighted by Gasteiger charge is -2.37. The van der Waals surface area contributed by atoms with Gasteiger partial charge in [0.1, 0.15) is 0 Å². The van der Waals surface area contributed by atoms with Crippen LogP contribution in [0.3, 0.4) is 0 Å². The number of hydrogen-bond acceptors (Lipinski definition) is 3. The van der Waals surface area contributed by atoms with Gasteiger partial charge in [0.15, 0.2) is 0 Å². The maximum Gasteiger partial charge on any atom is 0.0897 e. The molecule has 1 aromatic rings. The molecule has 1 atom stereocenters. The van der Waals surface area contributed by atoms with E-state index >= 15 is 0 Å². The second-order valence-corrected chi connectivity index (χ2v) is 5.29. The highest BCUT2D eigenvalue weighted by atomic mass is 16.5. The summed E-state index contributed by atoms with van der Waals surface area (Å²) >= 11 is 0. The predicted molar refractivity (Wildman–Crippen MR) is 72.8 cm³/mol. The zero-order valence-electron chi connectivity index (χ0n) is 11.2. The smallest absolute Gasteiger partial charge is 0.0897 e. The molecule has 1 saturated carbocycles. The van der Waals surface area contributed by atoms with E-state index < -0.39 is 6.10 Å². The summed E-state index contributed by atoms with van der Waals surface area (Å²) in [4.78, 5) is 0. The number of hydrogen-bond donors (Lipinski definition) is 2. The van der Waals surface area contributed by atoms with Crippen LogP contribution < -0.4 is 5.32 Å². The van der Waals surface area contributed by atoms with E-state index in [1.807, 2.05) is 0 Å². The molecule has 3 nitrogen and oxygen atoms in total. The fourth-order valence-electron chi connectivity index (χ4n) is 2.45. The van der Waals surface area contributed by atoms with Crippen molar-refractivity contribution in [1.29, 1.82) is 0 Å². The molecule has 0 saturated heterocycles. The van der Waals surface area contributed by atoms with Crippen LogP contribution in [0.4, 0.5) is 0 Å². The normalized spacial score (nSPS) is 24.6. The van der Waals surface area contributed by atoms with Gasteiger partial charge in [-0.3, -0.25) is 0 Å². The van der Waals surface area contributed by atoms with Gasteiger partial charge in [0.05, 0.1) is 12.7 Å². The van der Waals surface area contributed by atoms with Crippen LogP contribution in [0.5, 0.6) is 0 Å². The van der Waals surface area contributed by atoms with E-state index in [0.717, 1.165) is 0 Å². The van der Waals surface area contributed by atoms with Gasteiger partial charge in [0, 0.05) is 19.7 Å². The van der Waals surface area contributed by atoms with E-state index in [1.165, 1.54) is 24.0 Å². The van der Waals surface area contributed by atoms with Crippen molar-refractivity contribution in [3.8, 4) is 0 Å². The lowest BCUT2D eigenvalue weighted by atomic mass is 9.75. The molecule has 1 aromatic carbocycles.